The van der Waals surface area contributed by atoms with Crippen LogP contribution in [0.4, 0.5) is 0 Å². The third kappa shape index (κ3) is 3.61. The molecule has 0 aliphatic carbocycles. The van der Waals surface area contributed by atoms with E-state index in [2.05, 4.69) is 10.1 Å². The molecule has 0 aliphatic rings. The summed E-state index contributed by atoms with van der Waals surface area (Å²) in [5.74, 6) is 0.0202. The number of methoxy groups -OCH3 is 1. The van der Waals surface area contributed by atoms with Crippen molar-refractivity contribution in [1.29, 1.82) is 0 Å². The van der Waals surface area contributed by atoms with Gasteiger partial charge in [-0.15, -0.1) is 0 Å². The molecule has 0 atom stereocenters. The predicted octanol–water partition coefficient (Wildman–Crippen LogP) is 0.116. The van der Waals surface area contributed by atoms with Crippen molar-refractivity contribution in [1.82, 2.24) is 5.32 Å². The van der Waals surface area contributed by atoms with Crippen LogP contribution >= 0.6 is 0 Å². The summed E-state index contributed by atoms with van der Waals surface area (Å²) in [6.07, 6.45) is 0.517. The van der Waals surface area contributed by atoms with E-state index in [1.165, 1.54) is 7.11 Å². The average molecular weight is 117 g/mol. The van der Waals surface area contributed by atoms with Gasteiger partial charge in [0.15, 0.2) is 0 Å². The first-order chi connectivity index (χ1) is 3.81. The lowest BCUT2D eigenvalue weighted by atomic mass is 10.5. The number of hydrogen-bond acceptors (Lipinski definition) is 2. The standard InChI is InChI=1S/C5H11NO2/c1-3-5(7)6-4-8-2/h3-4H2,1-2H3,(H,6,7). The summed E-state index contributed by atoms with van der Waals surface area (Å²) in [6, 6.07) is 0. The molecule has 8 heavy (non-hydrogen) atoms. The smallest absolute Gasteiger partial charge is 0.221 e. The van der Waals surface area contributed by atoms with E-state index in [4.69, 9.17) is 0 Å². The maximum Gasteiger partial charge on any atom is 0.221 e. The van der Waals surface area contributed by atoms with E-state index in [1.54, 1.807) is 6.92 Å². The number of amides is 1. The second-order valence-electron chi connectivity index (χ2n) is 1.39. The van der Waals surface area contributed by atoms with Gasteiger partial charge < -0.3 is 10.1 Å². The van der Waals surface area contributed by atoms with Crippen LogP contribution < -0.4 is 5.32 Å². The predicted molar refractivity (Wildman–Crippen MR) is 30.3 cm³/mol. The van der Waals surface area contributed by atoms with E-state index in [0.29, 0.717) is 13.2 Å². The largest absolute Gasteiger partial charge is 0.364 e. The Morgan fingerprint density at radius 1 is 1.75 bits per heavy atom. The summed E-state index contributed by atoms with van der Waals surface area (Å²) in [5.41, 5.74) is 0. The Morgan fingerprint density at radius 3 is 2.75 bits per heavy atom. The summed E-state index contributed by atoms with van der Waals surface area (Å²) < 4.78 is 4.58. The molecular weight excluding hydrogens is 106 g/mol. The van der Waals surface area contributed by atoms with Gasteiger partial charge in [0.25, 0.3) is 0 Å². The molecule has 0 unspecified atom stereocenters. The first kappa shape index (κ1) is 7.43. The number of carbonyl (C=O) groups is 1. The molecule has 0 aromatic heterocycles. The highest BCUT2D eigenvalue weighted by molar-refractivity contribution is 5.75. The highest BCUT2D eigenvalue weighted by Crippen LogP contribution is 1.72. The van der Waals surface area contributed by atoms with E-state index in [0.717, 1.165) is 0 Å². The molecule has 0 aromatic carbocycles. The fourth-order valence-electron chi connectivity index (χ4n) is 0.278. The molecule has 3 nitrogen and oxygen atoms in total. The number of nitrogens with one attached hydrogen (secondary N) is 1. The first-order valence-electron chi connectivity index (χ1n) is 2.57. The molecule has 0 fully saturated rings. The van der Waals surface area contributed by atoms with Gasteiger partial charge in [0.1, 0.15) is 6.73 Å². The maximum absolute atomic E-state index is 10.4. The van der Waals surface area contributed by atoms with Crippen LogP contribution in [0.5, 0.6) is 0 Å². The summed E-state index contributed by atoms with van der Waals surface area (Å²) >= 11 is 0. The molecule has 0 aliphatic heterocycles. The highest BCUT2D eigenvalue weighted by atomic mass is 16.5. The zero-order valence-corrected chi connectivity index (χ0v) is 5.23. The molecule has 1 N–H and O–H groups in total. The van der Waals surface area contributed by atoms with Crippen molar-refractivity contribution in [3.63, 3.8) is 0 Å². The summed E-state index contributed by atoms with van der Waals surface area (Å²) in [6.45, 7) is 2.11. The van der Waals surface area contributed by atoms with Crippen molar-refractivity contribution in [2.45, 2.75) is 13.3 Å². The molecule has 0 bridgehead atoms. The number of ether oxygens (including phenoxy) is 1. The molecule has 0 aromatic rings. The molecule has 0 saturated carbocycles. The fourth-order valence-corrected chi connectivity index (χ4v) is 0.278. The molecule has 0 saturated heterocycles. The Kier molecular flexibility index (Phi) is 4.26. The van der Waals surface area contributed by atoms with E-state index in [9.17, 15) is 4.79 Å². The van der Waals surface area contributed by atoms with Crippen molar-refractivity contribution in [2.24, 2.45) is 0 Å². The molecular formula is C5H11NO2. The lowest BCUT2D eigenvalue weighted by Gasteiger charge is -1.98. The highest BCUT2D eigenvalue weighted by Gasteiger charge is 1.90. The van der Waals surface area contributed by atoms with Crippen molar-refractivity contribution < 1.29 is 9.53 Å². The van der Waals surface area contributed by atoms with E-state index < -0.39 is 0 Å². The topological polar surface area (TPSA) is 38.3 Å². The minimum absolute atomic E-state index is 0.0202. The Labute approximate surface area is 49.0 Å². The van der Waals surface area contributed by atoms with Crippen molar-refractivity contribution in [3.8, 4) is 0 Å². The van der Waals surface area contributed by atoms with E-state index >= 15 is 0 Å². The van der Waals surface area contributed by atoms with Gasteiger partial charge in [-0.05, 0) is 0 Å². The quantitative estimate of drug-likeness (QED) is 0.533. The monoisotopic (exact) mass is 117 g/mol. The van der Waals surface area contributed by atoms with Crippen LogP contribution in [0.15, 0.2) is 0 Å². The van der Waals surface area contributed by atoms with Gasteiger partial charge in [0.05, 0.1) is 0 Å². The van der Waals surface area contributed by atoms with Crippen LogP contribution in [0.25, 0.3) is 0 Å². The number of carbonyl (C=O) groups excluding carboxylic acids is 1. The zero-order chi connectivity index (χ0) is 6.41. The van der Waals surface area contributed by atoms with Crippen molar-refractivity contribution in [2.75, 3.05) is 13.8 Å². The Bertz CT molecular complexity index is 72.8. The number of rotatable bonds is 3. The normalized spacial score (nSPS) is 8.75. The van der Waals surface area contributed by atoms with Crippen molar-refractivity contribution in [3.05, 3.63) is 0 Å². The van der Waals surface area contributed by atoms with Gasteiger partial charge in [-0.2, -0.15) is 0 Å². The van der Waals surface area contributed by atoms with Gasteiger partial charge in [0, 0.05) is 13.5 Å². The second-order valence-corrected chi connectivity index (χ2v) is 1.39. The molecule has 0 heterocycles. The van der Waals surface area contributed by atoms with Gasteiger partial charge in [-0.3, -0.25) is 4.79 Å². The molecule has 0 spiro atoms. The molecule has 0 radical (unpaired) electrons. The van der Waals surface area contributed by atoms with Crippen LogP contribution in [-0.4, -0.2) is 19.7 Å². The first-order valence-corrected chi connectivity index (χ1v) is 2.57. The minimum atomic E-state index is 0.0202. The minimum Gasteiger partial charge on any atom is -0.364 e. The third-order valence-corrected chi connectivity index (χ3v) is 0.735. The summed E-state index contributed by atoms with van der Waals surface area (Å²) in [4.78, 5) is 10.4. The van der Waals surface area contributed by atoms with Gasteiger partial charge in [0.2, 0.25) is 5.91 Å². The Morgan fingerprint density at radius 2 is 2.38 bits per heavy atom. The van der Waals surface area contributed by atoms with Crippen LogP contribution in [0.1, 0.15) is 13.3 Å². The molecule has 3 heteroatoms. The van der Waals surface area contributed by atoms with E-state index in [-0.39, 0.29) is 5.91 Å². The van der Waals surface area contributed by atoms with Gasteiger partial charge in [-0.25, -0.2) is 0 Å². The Balaban J connectivity index is 2.99. The molecule has 1 amide bonds. The van der Waals surface area contributed by atoms with Crippen LogP contribution in [-0.2, 0) is 9.53 Å². The lowest BCUT2D eigenvalue weighted by Crippen LogP contribution is -2.23. The number of hydrogen-bond donors (Lipinski definition) is 1. The van der Waals surface area contributed by atoms with Crippen LogP contribution in [0.2, 0.25) is 0 Å². The lowest BCUT2D eigenvalue weighted by molar-refractivity contribution is -0.122. The maximum atomic E-state index is 10.4. The van der Waals surface area contributed by atoms with Crippen LogP contribution in [0, 0.1) is 0 Å². The molecule has 0 rings (SSSR count). The summed E-state index contributed by atoms with van der Waals surface area (Å²) in [7, 11) is 1.54. The Hall–Kier alpha value is -0.570. The van der Waals surface area contributed by atoms with Gasteiger partial charge in [-0.1, -0.05) is 6.92 Å². The summed E-state index contributed by atoms with van der Waals surface area (Å²) in [5, 5.41) is 2.52. The zero-order valence-electron chi connectivity index (χ0n) is 5.23. The van der Waals surface area contributed by atoms with Crippen LogP contribution in [0.3, 0.4) is 0 Å². The molecule has 48 valence electrons. The fraction of sp³-hybridized carbons (Fsp3) is 0.800. The SMILES string of the molecule is CCC(=O)NCOC. The van der Waals surface area contributed by atoms with Gasteiger partial charge >= 0.3 is 0 Å². The van der Waals surface area contributed by atoms with Crippen molar-refractivity contribution >= 4 is 5.91 Å². The average Bonchev–Trinajstić information content (AvgIpc) is 1.83. The third-order valence-electron chi connectivity index (χ3n) is 0.735. The second kappa shape index (κ2) is 4.59. The van der Waals surface area contributed by atoms with E-state index in [1.807, 2.05) is 0 Å².